The van der Waals surface area contributed by atoms with Crippen molar-refractivity contribution in [1.82, 2.24) is 10.3 Å². The van der Waals surface area contributed by atoms with E-state index in [0.29, 0.717) is 6.54 Å². The number of pyridine rings is 1. The second kappa shape index (κ2) is 6.39. The summed E-state index contributed by atoms with van der Waals surface area (Å²) in [5, 5.41) is 3.07. The molecule has 0 radical (unpaired) electrons. The highest BCUT2D eigenvalue weighted by molar-refractivity contribution is 6.33. The molecule has 1 amide bonds. The van der Waals surface area contributed by atoms with Crippen LogP contribution in [0.1, 0.15) is 28.5 Å². The lowest BCUT2D eigenvalue weighted by Crippen LogP contribution is -2.24. The zero-order valence-corrected chi connectivity index (χ0v) is 11.9. The molecule has 0 unspecified atom stereocenters. The van der Waals surface area contributed by atoms with Crippen LogP contribution in [0.2, 0.25) is 5.02 Å². The number of nitrogens with zero attached hydrogens (tertiary/aromatic N) is 1. The number of nitrogens with one attached hydrogen (secondary N) is 1. The van der Waals surface area contributed by atoms with E-state index in [0.717, 1.165) is 12.0 Å². The van der Waals surface area contributed by atoms with Crippen molar-refractivity contribution in [3.63, 3.8) is 0 Å². The predicted molar refractivity (Wildman–Crippen MR) is 80.6 cm³/mol. The largest absolute Gasteiger partial charge is 0.384 e. The fraction of sp³-hybridized carbons (Fsp3) is 0.200. The van der Waals surface area contributed by atoms with Crippen LogP contribution in [-0.4, -0.2) is 10.9 Å². The topological polar surface area (TPSA) is 68.0 Å². The lowest BCUT2D eigenvalue weighted by atomic mass is 10.1. The molecule has 0 saturated carbocycles. The molecule has 0 atom stereocenters. The number of rotatable bonds is 4. The second-order valence-corrected chi connectivity index (χ2v) is 4.83. The van der Waals surface area contributed by atoms with Gasteiger partial charge in [-0.3, -0.25) is 4.79 Å². The Balaban J connectivity index is 2.02. The highest BCUT2D eigenvalue weighted by Crippen LogP contribution is 2.15. The number of carbonyl (C=O) groups is 1. The van der Waals surface area contributed by atoms with Crippen LogP contribution < -0.4 is 11.1 Å². The third-order valence-corrected chi connectivity index (χ3v) is 3.27. The van der Waals surface area contributed by atoms with Crippen LogP contribution in [0.5, 0.6) is 0 Å². The molecular formula is C15H16ClN3O. The third-order valence-electron chi connectivity index (χ3n) is 2.97. The molecule has 0 spiro atoms. The highest BCUT2D eigenvalue weighted by atomic mass is 35.5. The number of hydrogen-bond acceptors (Lipinski definition) is 3. The number of benzene rings is 1. The monoisotopic (exact) mass is 289 g/mol. The SMILES string of the molecule is CCc1ccc(CNC(=O)c2nc(N)ccc2Cl)cc1. The summed E-state index contributed by atoms with van der Waals surface area (Å²) in [4.78, 5) is 15.9. The molecule has 20 heavy (non-hydrogen) atoms. The molecule has 0 fully saturated rings. The molecule has 3 N–H and O–H groups in total. The number of aromatic nitrogens is 1. The third kappa shape index (κ3) is 3.48. The van der Waals surface area contributed by atoms with Crippen molar-refractivity contribution in [3.8, 4) is 0 Å². The standard InChI is InChI=1S/C15H16ClN3O/c1-2-10-3-5-11(6-4-10)9-18-15(20)14-12(16)7-8-13(17)19-14/h3-8H,2,9H2,1H3,(H2,17,19)(H,18,20). The molecule has 104 valence electrons. The molecule has 0 aliphatic carbocycles. The number of amides is 1. The average molecular weight is 290 g/mol. The van der Waals surface area contributed by atoms with Gasteiger partial charge in [0.2, 0.25) is 0 Å². The highest BCUT2D eigenvalue weighted by Gasteiger charge is 2.12. The molecule has 2 aromatic rings. The van der Waals surface area contributed by atoms with Crippen LogP contribution in [0.3, 0.4) is 0 Å². The first-order valence-electron chi connectivity index (χ1n) is 6.38. The normalized spacial score (nSPS) is 10.3. The fourth-order valence-corrected chi connectivity index (χ4v) is 1.97. The number of hydrogen-bond donors (Lipinski definition) is 2. The summed E-state index contributed by atoms with van der Waals surface area (Å²) < 4.78 is 0. The molecule has 0 aliphatic rings. The van der Waals surface area contributed by atoms with Crippen LogP contribution in [0.4, 0.5) is 5.82 Å². The molecule has 0 saturated heterocycles. The minimum absolute atomic E-state index is 0.150. The van der Waals surface area contributed by atoms with E-state index < -0.39 is 0 Å². The Labute approximate surface area is 123 Å². The Bertz CT molecular complexity index is 611. The molecule has 5 heteroatoms. The minimum atomic E-state index is -0.332. The van der Waals surface area contributed by atoms with Gasteiger partial charge < -0.3 is 11.1 Å². The average Bonchev–Trinajstić information content (AvgIpc) is 2.47. The van der Waals surface area contributed by atoms with Gasteiger partial charge in [-0.25, -0.2) is 4.98 Å². The van der Waals surface area contributed by atoms with E-state index in [1.54, 1.807) is 12.1 Å². The van der Waals surface area contributed by atoms with Gasteiger partial charge in [0, 0.05) is 6.54 Å². The van der Waals surface area contributed by atoms with Crippen LogP contribution in [0, 0.1) is 0 Å². The maximum atomic E-state index is 12.0. The molecule has 2 rings (SSSR count). The second-order valence-electron chi connectivity index (χ2n) is 4.42. The number of halogens is 1. The number of nitrogens with two attached hydrogens (primary N) is 1. The summed E-state index contributed by atoms with van der Waals surface area (Å²) in [6.45, 7) is 2.53. The first kappa shape index (κ1) is 14.3. The van der Waals surface area contributed by atoms with Crippen LogP contribution in [-0.2, 0) is 13.0 Å². The van der Waals surface area contributed by atoms with Crippen molar-refractivity contribution >= 4 is 23.3 Å². The summed E-state index contributed by atoms with van der Waals surface area (Å²) in [5.74, 6) is -0.0614. The van der Waals surface area contributed by atoms with E-state index in [1.165, 1.54) is 5.56 Å². The van der Waals surface area contributed by atoms with Crippen molar-refractivity contribution in [2.45, 2.75) is 19.9 Å². The minimum Gasteiger partial charge on any atom is -0.384 e. The van der Waals surface area contributed by atoms with Crippen molar-refractivity contribution in [3.05, 3.63) is 58.2 Å². The molecule has 1 aromatic carbocycles. The van der Waals surface area contributed by atoms with Gasteiger partial charge in [-0.05, 0) is 29.7 Å². The Hall–Kier alpha value is -2.07. The zero-order valence-electron chi connectivity index (χ0n) is 11.2. The smallest absolute Gasteiger partial charge is 0.271 e. The van der Waals surface area contributed by atoms with Gasteiger partial charge in [0.15, 0.2) is 0 Å². The van der Waals surface area contributed by atoms with E-state index in [4.69, 9.17) is 17.3 Å². The van der Waals surface area contributed by atoms with Gasteiger partial charge in [-0.2, -0.15) is 0 Å². The zero-order chi connectivity index (χ0) is 14.5. The molecule has 1 aromatic heterocycles. The number of aryl methyl sites for hydroxylation is 1. The van der Waals surface area contributed by atoms with Gasteiger partial charge >= 0.3 is 0 Å². The molecule has 4 nitrogen and oxygen atoms in total. The quantitative estimate of drug-likeness (QED) is 0.909. The van der Waals surface area contributed by atoms with E-state index in [9.17, 15) is 4.79 Å². The first-order chi connectivity index (χ1) is 9.60. The summed E-state index contributed by atoms with van der Waals surface area (Å²) in [7, 11) is 0. The lowest BCUT2D eigenvalue weighted by Gasteiger charge is -2.07. The Morgan fingerprint density at radius 3 is 2.50 bits per heavy atom. The van der Waals surface area contributed by atoms with Gasteiger partial charge in [-0.1, -0.05) is 42.8 Å². The van der Waals surface area contributed by atoms with E-state index in [-0.39, 0.29) is 22.4 Å². The molecule has 0 aliphatic heterocycles. The molecule has 1 heterocycles. The predicted octanol–water partition coefficient (Wildman–Crippen LogP) is 2.81. The Morgan fingerprint density at radius 1 is 1.20 bits per heavy atom. The molecular weight excluding hydrogens is 274 g/mol. The Morgan fingerprint density at radius 2 is 1.85 bits per heavy atom. The summed E-state index contributed by atoms with van der Waals surface area (Å²) in [6, 6.07) is 11.2. The Kier molecular flexibility index (Phi) is 4.58. The van der Waals surface area contributed by atoms with Gasteiger partial charge in [0.25, 0.3) is 5.91 Å². The van der Waals surface area contributed by atoms with E-state index in [2.05, 4.69) is 17.2 Å². The van der Waals surface area contributed by atoms with E-state index >= 15 is 0 Å². The van der Waals surface area contributed by atoms with Crippen molar-refractivity contribution in [2.75, 3.05) is 5.73 Å². The first-order valence-corrected chi connectivity index (χ1v) is 6.76. The van der Waals surface area contributed by atoms with Gasteiger partial charge in [-0.15, -0.1) is 0 Å². The maximum Gasteiger partial charge on any atom is 0.271 e. The van der Waals surface area contributed by atoms with E-state index in [1.807, 2.05) is 24.3 Å². The summed E-state index contributed by atoms with van der Waals surface area (Å²) >= 11 is 5.93. The number of anilines is 1. The van der Waals surface area contributed by atoms with Crippen molar-refractivity contribution in [1.29, 1.82) is 0 Å². The van der Waals surface area contributed by atoms with Crippen molar-refractivity contribution < 1.29 is 4.79 Å². The number of carbonyl (C=O) groups excluding carboxylic acids is 1. The van der Waals surface area contributed by atoms with Crippen LogP contribution >= 0.6 is 11.6 Å². The molecule has 0 bridgehead atoms. The van der Waals surface area contributed by atoms with Crippen LogP contribution in [0.15, 0.2) is 36.4 Å². The van der Waals surface area contributed by atoms with Crippen LogP contribution in [0.25, 0.3) is 0 Å². The summed E-state index contributed by atoms with van der Waals surface area (Å²) in [5.41, 5.74) is 7.99. The maximum absolute atomic E-state index is 12.0. The summed E-state index contributed by atoms with van der Waals surface area (Å²) in [6.07, 6.45) is 0.995. The van der Waals surface area contributed by atoms with Crippen molar-refractivity contribution in [2.24, 2.45) is 0 Å². The van der Waals surface area contributed by atoms with Gasteiger partial charge in [0.05, 0.1) is 5.02 Å². The van der Waals surface area contributed by atoms with Gasteiger partial charge in [0.1, 0.15) is 11.5 Å². The fourth-order valence-electron chi connectivity index (χ4n) is 1.78. The lowest BCUT2D eigenvalue weighted by molar-refractivity contribution is 0.0946. The number of nitrogen functional groups attached to an aromatic ring is 1.